The Bertz CT molecular complexity index is 727. The predicted molar refractivity (Wildman–Crippen MR) is 99.3 cm³/mol. The zero-order valence-electron chi connectivity index (χ0n) is 14.2. The Hall–Kier alpha value is -1.70. The third-order valence-corrected chi connectivity index (χ3v) is 5.37. The number of urea groups is 1. The molecular weight excluding hydrogens is 360 g/mol. The number of nitrogens with zero attached hydrogens (tertiary/aromatic N) is 2. The minimum atomic E-state index is -0.294. The van der Waals surface area contributed by atoms with Crippen LogP contribution < -0.4 is 10.6 Å². The maximum atomic E-state index is 12.1. The number of aromatic nitrogens is 2. The fourth-order valence-corrected chi connectivity index (χ4v) is 3.58. The second kappa shape index (κ2) is 7.68. The smallest absolute Gasteiger partial charge is 0.321 e. The van der Waals surface area contributed by atoms with Gasteiger partial charge in [-0.05, 0) is 30.5 Å². The van der Waals surface area contributed by atoms with Gasteiger partial charge in [-0.3, -0.25) is 5.32 Å². The summed E-state index contributed by atoms with van der Waals surface area (Å²) < 4.78 is 5.58. The molecule has 2 N–H and O–H groups in total. The van der Waals surface area contributed by atoms with Gasteiger partial charge in [-0.25, -0.2) is 4.79 Å². The van der Waals surface area contributed by atoms with Gasteiger partial charge in [0.15, 0.2) is 0 Å². The number of ether oxygens (including phenoxy) is 1. The SMILES string of the molecule is CC(C)(CNC(=O)Nc1nnc(C2CCCO2)s1)c1ccc(Cl)cc1. The molecule has 0 radical (unpaired) electrons. The number of anilines is 1. The van der Waals surface area contributed by atoms with E-state index in [1.807, 2.05) is 24.3 Å². The summed E-state index contributed by atoms with van der Waals surface area (Å²) in [5.41, 5.74) is 0.889. The van der Waals surface area contributed by atoms with Crippen LogP contribution >= 0.6 is 22.9 Å². The van der Waals surface area contributed by atoms with Crippen molar-refractivity contribution in [1.29, 1.82) is 0 Å². The summed E-state index contributed by atoms with van der Waals surface area (Å²) in [5.74, 6) is 0. The molecule has 0 saturated carbocycles. The van der Waals surface area contributed by atoms with E-state index in [1.165, 1.54) is 11.3 Å². The van der Waals surface area contributed by atoms with E-state index in [0.717, 1.165) is 30.0 Å². The van der Waals surface area contributed by atoms with Gasteiger partial charge < -0.3 is 10.1 Å². The van der Waals surface area contributed by atoms with Crippen molar-refractivity contribution in [1.82, 2.24) is 15.5 Å². The van der Waals surface area contributed by atoms with Gasteiger partial charge in [-0.15, -0.1) is 10.2 Å². The average Bonchev–Trinajstić information content (AvgIpc) is 3.25. The molecule has 1 aliphatic rings. The maximum absolute atomic E-state index is 12.1. The van der Waals surface area contributed by atoms with E-state index < -0.39 is 0 Å². The lowest BCUT2D eigenvalue weighted by Gasteiger charge is -2.25. The molecule has 1 aromatic carbocycles. The number of benzene rings is 1. The van der Waals surface area contributed by atoms with Gasteiger partial charge in [-0.1, -0.05) is 48.9 Å². The molecule has 3 rings (SSSR count). The first kappa shape index (κ1) is 18.1. The van der Waals surface area contributed by atoms with E-state index in [4.69, 9.17) is 16.3 Å². The molecule has 1 aromatic heterocycles. The monoisotopic (exact) mass is 380 g/mol. The number of hydrogen-bond acceptors (Lipinski definition) is 5. The summed E-state index contributed by atoms with van der Waals surface area (Å²) in [6.07, 6.45) is 2.00. The number of nitrogens with one attached hydrogen (secondary N) is 2. The highest BCUT2D eigenvalue weighted by Crippen LogP contribution is 2.31. The molecule has 25 heavy (non-hydrogen) atoms. The van der Waals surface area contributed by atoms with Crippen LogP contribution in [0.15, 0.2) is 24.3 Å². The van der Waals surface area contributed by atoms with Crippen LogP contribution in [0.1, 0.15) is 43.4 Å². The first-order chi connectivity index (χ1) is 11.9. The Morgan fingerprint density at radius 1 is 1.36 bits per heavy atom. The van der Waals surface area contributed by atoms with Gasteiger partial charge in [0.1, 0.15) is 11.1 Å². The molecule has 6 nitrogen and oxygen atoms in total. The molecule has 1 fully saturated rings. The summed E-state index contributed by atoms with van der Waals surface area (Å²) in [6.45, 7) is 5.37. The van der Waals surface area contributed by atoms with Crippen LogP contribution in [-0.4, -0.2) is 29.4 Å². The van der Waals surface area contributed by atoms with Gasteiger partial charge in [0.2, 0.25) is 5.13 Å². The topological polar surface area (TPSA) is 76.1 Å². The van der Waals surface area contributed by atoms with Crippen LogP contribution in [0.5, 0.6) is 0 Å². The lowest BCUT2D eigenvalue weighted by molar-refractivity contribution is 0.111. The van der Waals surface area contributed by atoms with Crippen molar-refractivity contribution in [3.05, 3.63) is 39.9 Å². The first-order valence-corrected chi connectivity index (χ1v) is 9.39. The molecule has 2 heterocycles. The molecule has 1 saturated heterocycles. The number of halogens is 1. The van der Waals surface area contributed by atoms with E-state index in [9.17, 15) is 4.79 Å². The third-order valence-electron chi connectivity index (χ3n) is 4.18. The van der Waals surface area contributed by atoms with E-state index in [1.54, 1.807) is 0 Å². The fraction of sp³-hybridized carbons (Fsp3) is 0.471. The van der Waals surface area contributed by atoms with Crippen LogP contribution in [-0.2, 0) is 10.2 Å². The fourth-order valence-electron chi connectivity index (χ4n) is 2.63. The maximum Gasteiger partial charge on any atom is 0.321 e. The first-order valence-electron chi connectivity index (χ1n) is 8.20. The largest absolute Gasteiger partial charge is 0.371 e. The molecule has 0 bridgehead atoms. The molecule has 0 spiro atoms. The van der Waals surface area contributed by atoms with Gasteiger partial charge in [0.25, 0.3) is 0 Å². The second-order valence-corrected chi connectivity index (χ2v) is 8.09. The molecule has 2 aromatic rings. The zero-order chi connectivity index (χ0) is 17.9. The number of carbonyl (C=O) groups is 1. The normalized spacial score (nSPS) is 17.5. The molecule has 1 aliphatic heterocycles. The Morgan fingerprint density at radius 2 is 2.12 bits per heavy atom. The van der Waals surface area contributed by atoms with Crippen molar-refractivity contribution in [2.24, 2.45) is 0 Å². The highest BCUT2D eigenvalue weighted by Gasteiger charge is 2.24. The van der Waals surface area contributed by atoms with Crippen molar-refractivity contribution >= 4 is 34.1 Å². The van der Waals surface area contributed by atoms with Crippen LogP contribution in [0.25, 0.3) is 0 Å². The average molecular weight is 381 g/mol. The van der Waals surface area contributed by atoms with Crippen LogP contribution in [0.3, 0.4) is 0 Å². The number of hydrogen-bond donors (Lipinski definition) is 2. The quantitative estimate of drug-likeness (QED) is 0.817. The van der Waals surface area contributed by atoms with Crippen molar-refractivity contribution in [2.45, 2.75) is 38.2 Å². The summed E-state index contributed by atoms with van der Waals surface area (Å²) in [7, 11) is 0. The minimum Gasteiger partial charge on any atom is -0.371 e. The predicted octanol–water partition coefficient (Wildman–Crippen LogP) is 4.14. The molecular formula is C17H21ClN4O2S. The van der Waals surface area contributed by atoms with Crippen molar-refractivity contribution in [3.63, 3.8) is 0 Å². The summed E-state index contributed by atoms with van der Waals surface area (Å²) in [4.78, 5) is 12.1. The molecule has 1 unspecified atom stereocenters. The Balaban J connectivity index is 1.53. The number of rotatable bonds is 5. The minimum absolute atomic E-state index is 0.0138. The number of amides is 2. The Kier molecular flexibility index (Phi) is 5.56. The zero-order valence-corrected chi connectivity index (χ0v) is 15.8. The van der Waals surface area contributed by atoms with Crippen LogP contribution in [0.4, 0.5) is 9.93 Å². The van der Waals surface area contributed by atoms with Gasteiger partial charge >= 0.3 is 6.03 Å². The third kappa shape index (κ3) is 4.68. The van der Waals surface area contributed by atoms with E-state index in [-0.39, 0.29) is 17.6 Å². The molecule has 1 atom stereocenters. The van der Waals surface area contributed by atoms with Crippen molar-refractivity contribution < 1.29 is 9.53 Å². The molecule has 0 aliphatic carbocycles. The molecule has 2 amide bonds. The van der Waals surface area contributed by atoms with Crippen LogP contribution in [0, 0.1) is 0 Å². The lowest BCUT2D eigenvalue weighted by atomic mass is 9.85. The highest BCUT2D eigenvalue weighted by molar-refractivity contribution is 7.15. The highest BCUT2D eigenvalue weighted by atomic mass is 35.5. The standard InChI is InChI=1S/C17H21ClN4O2S/c1-17(2,11-5-7-12(18)8-6-11)10-19-15(23)20-16-22-21-14(25-16)13-4-3-9-24-13/h5-8,13H,3-4,9-10H2,1-2H3,(H2,19,20,22,23). The summed E-state index contributed by atoms with van der Waals surface area (Å²) in [6, 6.07) is 7.36. The van der Waals surface area contributed by atoms with Crippen LogP contribution in [0.2, 0.25) is 5.02 Å². The number of carbonyl (C=O) groups excluding carboxylic acids is 1. The lowest BCUT2D eigenvalue weighted by Crippen LogP contribution is -2.38. The summed E-state index contributed by atoms with van der Waals surface area (Å²) in [5, 5.41) is 15.7. The Morgan fingerprint density at radius 3 is 2.80 bits per heavy atom. The summed E-state index contributed by atoms with van der Waals surface area (Å²) >= 11 is 7.28. The second-order valence-electron chi connectivity index (χ2n) is 6.65. The van der Waals surface area contributed by atoms with Crippen molar-refractivity contribution in [3.8, 4) is 0 Å². The van der Waals surface area contributed by atoms with Gasteiger partial charge in [-0.2, -0.15) is 0 Å². The van der Waals surface area contributed by atoms with Crippen molar-refractivity contribution in [2.75, 3.05) is 18.5 Å². The van der Waals surface area contributed by atoms with E-state index in [2.05, 4.69) is 34.7 Å². The van der Waals surface area contributed by atoms with Gasteiger partial charge in [0.05, 0.1) is 0 Å². The van der Waals surface area contributed by atoms with E-state index in [0.29, 0.717) is 16.7 Å². The molecule has 8 heteroatoms. The van der Waals surface area contributed by atoms with E-state index >= 15 is 0 Å². The Labute approximate surface area is 155 Å². The molecule has 134 valence electrons. The van der Waals surface area contributed by atoms with Gasteiger partial charge in [0, 0.05) is 23.6 Å².